The Labute approximate surface area is 121 Å². The van der Waals surface area contributed by atoms with E-state index in [1.165, 1.54) is 51.6 Å². The largest absolute Gasteiger partial charge is 0.319 e. The third-order valence-corrected chi connectivity index (χ3v) is 5.22. The van der Waals surface area contributed by atoms with Crippen LogP contribution in [0.15, 0.2) is 0 Å². The SMILES string of the molecule is CNCC1(CN(C)C(C)C(C)(C)C)CCCCCC1. The molecule has 0 amide bonds. The first-order valence-corrected chi connectivity index (χ1v) is 8.16. The number of hydrogen-bond acceptors (Lipinski definition) is 2. The first-order chi connectivity index (χ1) is 8.81. The maximum Gasteiger partial charge on any atom is 0.0113 e. The van der Waals surface area contributed by atoms with Gasteiger partial charge in [0, 0.05) is 19.1 Å². The van der Waals surface area contributed by atoms with E-state index < -0.39 is 0 Å². The van der Waals surface area contributed by atoms with Crippen LogP contribution in [0.4, 0.5) is 0 Å². The summed E-state index contributed by atoms with van der Waals surface area (Å²) < 4.78 is 0. The fraction of sp³-hybridized carbons (Fsp3) is 1.00. The first kappa shape index (κ1) is 17.0. The van der Waals surface area contributed by atoms with E-state index in [-0.39, 0.29) is 0 Å². The van der Waals surface area contributed by atoms with Crippen molar-refractivity contribution in [3.63, 3.8) is 0 Å². The first-order valence-electron chi connectivity index (χ1n) is 8.16. The molecule has 114 valence electrons. The van der Waals surface area contributed by atoms with Crippen molar-refractivity contribution in [2.75, 3.05) is 27.2 Å². The maximum atomic E-state index is 3.46. The molecule has 0 aromatic heterocycles. The third kappa shape index (κ3) is 5.07. The monoisotopic (exact) mass is 268 g/mol. The van der Waals surface area contributed by atoms with Crippen LogP contribution in [0.2, 0.25) is 0 Å². The van der Waals surface area contributed by atoms with Crippen LogP contribution >= 0.6 is 0 Å². The number of hydrogen-bond donors (Lipinski definition) is 1. The molecule has 0 aromatic rings. The standard InChI is InChI=1S/C17H36N2/c1-15(16(2,3)4)19(6)14-17(13-18-5)11-9-7-8-10-12-17/h15,18H,7-14H2,1-6H3. The zero-order chi connectivity index (χ0) is 14.5. The van der Waals surface area contributed by atoms with Crippen LogP contribution in [0, 0.1) is 10.8 Å². The zero-order valence-electron chi connectivity index (χ0n) is 14.2. The highest BCUT2D eigenvalue weighted by Gasteiger charge is 2.34. The third-order valence-electron chi connectivity index (χ3n) is 5.22. The molecule has 0 bridgehead atoms. The summed E-state index contributed by atoms with van der Waals surface area (Å²) in [6.45, 7) is 11.9. The van der Waals surface area contributed by atoms with Crippen LogP contribution in [0.1, 0.15) is 66.2 Å². The number of nitrogens with zero attached hydrogens (tertiary/aromatic N) is 1. The van der Waals surface area contributed by atoms with E-state index in [1.54, 1.807) is 0 Å². The Bertz CT molecular complexity index is 246. The molecule has 0 saturated heterocycles. The summed E-state index contributed by atoms with van der Waals surface area (Å²) in [7, 11) is 4.43. The Kier molecular flexibility index (Phi) is 6.32. The van der Waals surface area contributed by atoms with Crippen molar-refractivity contribution in [3.8, 4) is 0 Å². The molecule has 1 N–H and O–H groups in total. The molecule has 0 radical (unpaired) electrons. The lowest BCUT2D eigenvalue weighted by molar-refractivity contribution is 0.0744. The minimum Gasteiger partial charge on any atom is -0.319 e. The molecule has 1 aliphatic carbocycles. The van der Waals surface area contributed by atoms with E-state index in [9.17, 15) is 0 Å². The van der Waals surface area contributed by atoms with Crippen molar-refractivity contribution >= 4 is 0 Å². The Morgan fingerprint density at radius 3 is 2.05 bits per heavy atom. The van der Waals surface area contributed by atoms with Crippen molar-refractivity contribution in [1.29, 1.82) is 0 Å². The van der Waals surface area contributed by atoms with Gasteiger partial charge in [0.1, 0.15) is 0 Å². The molecule has 2 nitrogen and oxygen atoms in total. The molecule has 1 saturated carbocycles. The van der Waals surface area contributed by atoms with Crippen LogP contribution in [-0.2, 0) is 0 Å². The highest BCUT2D eigenvalue weighted by molar-refractivity contribution is 4.89. The van der Waals surface area contributed by atoms with Gasteiger partial charge in [0.15, 0.2) is 0 Å². The van der Waals surface area contributed by atoms with Gasteiger partial charge in [-0.15, -0.1) is 0 Å². The summed E-state index contributed by atoms with van der Waals surface area (Å²) in [4.78, 5) is 2.60. The highest BCUT2D eigenvalue weighted by atomic mass is 15.1. The number of nitrogens with one attached hydrogen (secondary N) is 1. The maximum absolute atomic E-state index is 3.46. The Morgan fingerprint density at radius 1 is 1.11 bits per heavy atom. The highest BCUT2D eigenvalue weighted by Crippen LogP contribution is 2.36. The summed E-state index contributed by atoms with van der Waals surface area (Å²) in [5.41, 5.74) is 0.861. The Hall–Kier alpha value is -0.0800. The minimum atomic E-state index is 0.361. The van der Waals surface area contributed by atoms with Crippen molar-refractivity contribution < 1.29 is 0 Å². The summed E-state index contributed by atoms with van der Waals surface area (Å²) >= 11 is 0. The Morgan fingerprint density at radius 2 is 1.63 bits per heavy atom. The average Bonchev–Trinajstić information content (AvgIpc) is 2.53. The molecule has 19 heavy (non-hydrogen) atoms. The van der Waals surface area contributed by atoms with E-state index in [4.69, 9.17) is 0 Å². The molecule has 0 aliphatic heterocycles. The second-order valence-electron chi connectivity index (χ2n) is 7.90. The summed E-state index contributed by atoms with van der Waals surface area (Å²) in [6, 6.07) is 0.629. The minimum absolute atomic E-state index is 0.361. The van der Waals surface area contributed by atoms with E-state index in [0.29, 0.717) is 16.9 Å². The molecule has 1 unspecified atom stereocenters. The van der Waals surface area contributed by atoms with E-state index in [2.05, 4.69) is 52.0 Å². The molecule has 0 heterocycles. The molecule has 0 spiro atoms. The van der Waals surface area contributed by atoms with Gasteiger partial charge < -0.3 is 10.2 Å². The van der Waals surface area contributed by atoms with Gasteiger partial charge in [-0.1, -0.05) is 46.5 Å². The fourth-order valence-corrected chi connectivity index (χ4v) is 3.57. The molecule has 1 rings (SSSR count). The molecule has 1 fully saturated rings. The van der Waals surface area contributed by atoms with Crippen molar-refractivity contribution in [2.24, 2.45) is 10.8 Å². The molecule has 1 aliphatic rings. The topological polar surface area (TPSA) is 15.3 Å². The normalized spacial score (nSPS) is 22.3. The average molecular weight is 268 g/mol. The van der Waals surface area contributed by atoms with Gasteiger partial charge in [-0.2, -0.15) is 0 Å². The lowest BCUT2D eigenvalue weighted by Crippen LogP contribution is -2.48. The van der Waals surface area contributed by atoms with Gasteiger partial charge in [0.2, 0.25) is 0 Å². The Balaban J connectivity index is 2.71. The molecular formula is C17H36N2. The van der Waals surface area contributed by atoms with Crippen LogP contribution in [0.25, 0.3) is 0 Å². The predicted molar refractivity (Wildman–Crippen MR) is 85.6 cm³/mol. The second-order valence-corrected chi connectivity index (χ2v) is 7.90. The van der Waals surface area contributed by atoms with Gasteiger partial charge in [0.05, 0.1) is 0 Å². The van der Waals surface area contributed by atoms with Gasteiger partial charge in [0.25, 0.3) is 0 Å². The smallest absolute Gasteiger partial charge is 0.0113 e. The zero-order valence-corrected chi connectivity index (χ0v) is 14.2. The molecule has 0 aromatic carbocycles. The summed E-state index contributed by atoms with van der Waals surface area (Å²) in [5, 5.41) is 3.46. The number of rotatable bonds is 5. The fourth-order valence-electron chi connectivity index (χ4n) is 3.57. The van der Waals surface area contributed by atoms with Gasteiger partial charge in [-0.05, 0) is 44.7 Å². The summed E-state index contributed by atoms with van der Waals surface area (Å²) in [5.74, 6) is 0. The molecule has 1 atom stereocenters. The van der Waals surface area contributed by atoms with E-state index in [0.717, 1.165) is 0 Å². The van der Waals surface area contributed by atoms with Crippen LogP contribution in [-0.4, -0.2) is 38.1 Å². The van der Waals surface area contributed by atoms with E-state index in [1.807, 2.05) is 0 Å². The van der Waals surface area contributed by atoms with Crippen molar-refractivity contribution in [3.05, 3.63) is 0 Å². The van der Waals surface area contributed by atoms with Gasteiger partial charge in [-0.3, -0.25) is 0 Å². The van der Waals surface area contributed by atoms with Crippen LogP contribution in [0.3, 0.4) is 0 Å². The summed E-state index contributed by atoms with van der Waals surface area (Å²) in [6.07, 6.45) is 8.50. The lowest BCUT2D eigenvalue weighted by Gasteiger charge is -2.42. The second kappa shape index (κ2) is 7.08. The van der Waals surface area contributed by atoms with Gasteiger partial charge >= 0.3 is 0 Å². The molecular weight excluding hydrogens is 232 g/mol. The predicted octanol–water partition coefficient (Wildman–Crippen LogP) is 3.91. The van der Waals surface area contributed by atoms with E-state index >= 15 is 0 Å². The molecule has 2 heteroatoms. The lowest BCUT2D eigenvalue weighted by atomic mass is 9.78. The quantitative estimate of drug-likeness (QED) is 0.761. The van der Waals surface area contributed by atoms with Gasteiger partial charge in [-0.25, -0.2) is 0 Å². The van der Waals surface area contributed by atoms with Crippen LogP contribution in [0.5, 0.6) is 0 Å². The van der Waals surface area contributed by atoms with Crippen molar-refractivity contribution in [1.82, 2.24) is 10.2 Å². The van der Waals surface area contributed by atoms with Crippen molar-refractivity contribution in [2.45, 2.75) is 72.3 Å². The van der Waals surface area contributed by atoms with Crippen LogP contribution < -0.4 is 5.32 Å².